The number of hydrogen-bond donors (Lipinski definition) is 0. The number of halogens is 7. The molecule has 0 fully saturated rings. The van der Waals surface area contributed by atoms with Crippen molar-refractivity contribution in [2.75, 3.05) is 27.0 Å². The number of ether oxygens (including phenoxy) is 1. The van der Waals surface area contributed by atoms with Gasteiger partial charge in [0.05, 0.1) is 6.61 Å². The van der Waals surface area contributed by atoms with Gasteiger partial charge in [-0.25, -0.2) is 13.2 Å². The van der Waals surface area contributed by atoms with Crippen molar-refractivity contribution in [3.63, 3.8) is 0 Å². The van der Waals surface area contributed by atoms with E-state index in [0.29, 0.717) is 6.61 Å². The van der Waals surface area contributed by atoms with Gasteiger partial charge >= 0.3 is 6.18 Å². The largest absolute Gasteiger partial charge is 0.415 e. The Labute approximate surface area is 87.5 Å². The van der Waals surface area contributed by atoms with Crippen LogP contribution in [0.4, 0.5) is 30.9 Å². The quantitative estimate of drug-likeness (QED) is 0.438. The first-order valence-electron chi connectivity index (χ1n) is 3.56. The first-order valence-corrected chi connectivity index (χ1v) is 3.56. The van der Waals surface area contributed by atoms with Crippen molar-refractivity contribution in [1.82, 2.24) is 0 Å². The maximum absolute atomic E-state index is 10.9. The standard InChI is InChI=1S/C4H7FO.C2H2F4O.CH2F2/c1-2-3-6-4-5;3-2(4,5)1-7-6;2-1-3/h2H,1,3-4H2;1H2;1H2. The van der Waals surface area contributed by atoms with Gasteiger partial charge in [-0.3, -0.25) is 0 Å². The van der Waals surface area contributed by atoms with Gasteiger partial charge in [-0.05, 0) is 4.53 Å². The zero-order chi connectivity index (χ0) is 13.4. The van der Waals surface area contributed by atoms with Crippen molar-refractivity contribution >= 4 is 0 Å². The zero-order valence-electron chi connectivity index (χ0n) is 8.08. The minimum atomic E-state index is -4.55. The Morgan fingerprint density at radius 3 is 1.62 bits per heavy atom. The van der Waals surface area contributed by atoms with Crippen LogP contribution in [-0.2, 0) is 9.68 Å². The number of alkyl halides is 6. The summed E-state index contributed by atoms with van der Waals surface area (Å²) in [7, 11) is 0. The molecule has 0 bridgehead atoms. The summed E-state index contributed by atoms with van der Waals surface area (Å²) in [6.07, 6.45) is -3.05. The molecule has 0 aromatic heterocycles. The van der Waals surface area contributed by atoms with Crippen molar-refractivity contribution in [3.8, 4) is 0 Å². The van der Waals surface area contributed by atoms with E-state index >= 15 is 0 Å². The molecule has 16 heavy (non-hydrogen) atoms. The Balaban J connectivity index is -0.000000172. The molecule has 0 heterocycles. The molecule has 9 heteroatoms. The summed E-state index contributed by atoms with van der Waals surface area (Å²) in [6, 6.07) is 0. The molecular weight excluding hydrogens is 249 g/mol. The van der Waals surface area contributed by atoms with Crippen LogP contribution < -0.4 is 0 Å². The third kappa shape index (κ3) is 51.2. The summed E-state index contributed by atoms with van der Waals surface area (Å²) in [4.78, 5) is 2.28. The number of hydrogen-bond acceptors (Lipinski definition) is 2. The molecule has 0 saturated heterocycles. The summed E-state index contributed by atoms with van der Waals surface area (Å²) in [5, 5.41) is 0. The first-order chi connectivity index (χ1) is 7.39. The second kappa shape index (κ2) is 16.6. The fraction of sp³-hybridized carbons (Fsp3) is 0.714. The van der Waals surface area contributed by atoms with Gasteiger partial charge in [-0.1, -0.05) is 6.08 Å². The van der Waals surface area contributed by atoms with Crippen LogP contribution in [0.25, 0.3) is 0 Å². The summed E-state index contributed by atoms with van der Waals surface area (Å²) in [5.41, 5.74) is 0. The van der Waals surface area contributed by atoms with Crippen molar-refractivity contribution < 1.29 is 40.5 Å². The Morgan fingerprint density at radius 1 is 1.12 bits per heavy atom. The van der Waals surface area contributed by atoms with Crippen LogP contribution in [0.3, 0.4) is 0 Å². The van der Waals surface area contributed by atoms with Gasteiger partial charge in [-0.15, -0.1) is 6.58 Å². The van der Waals surface area contributed by atoms with Gasteiger partial charge in [0, 0.05) is 0 Å². The molecule has 0 aliphatic carbocycles. The highest BCUT2D eigenvalue weighted by Gasteiger charge is 2.27. The van der Waals surface area contributed by atoms with Crippen LogP contribution in [0, 0.1) is 0 Å². The van der Waals surface area contributed by atoms with Crippen LogP contribution in [-0.4, -0.2) is 33.2 Å². The van der Waals surface area contributed by atoms with Crippen molar-refractivity contribution in [1.29, 1.82) is 0 Å². The summed E-state index contributed by atoms with van der Waals surface area (Å²) < 4.78 is 76.7. The highest BCUT2D eigenvalue weighted by Crippen LogP contribution is 2.13. The van der Waals surface area contributed by atoms with Crippen LogP contribution >= 0.6 is 0 Å². The summed E-state index contributed by atoms with van der Waals surface area (Å²) in [6.45, 7) is -0.684. The van der Waals surface area contributed by atoms with Crippen molar-refractivity contribution in [2.24, 2.45) is 0 Å². The van der Waals surface area contributed by atoms with Gasteiger partial charge < -0.3 is 4.74 Å². The zero-order valence-corrected chi connectivity index (χ0v) is 8.08. The maximum Gasteiger partial charge on any atom is 0.415 e. The van der Waals surface area contributed by atoms with Gasteiger partial charge in [0.15, 0.2) is 13.5 Å². The molecule has 0 unspecified atom stereocenters. The predicted octanol–water partition coefficient (Wildman–Crippen LogP) is 3.45. The molecule has 100 valence electrons. The van der Waals surface area contributed by atoms with E-state index in [1.807, 2.05) is 0 Å². The molecule has 0 N–H and O–H groups in total. The highest BCUT2D eigenvalue weighted by molar-refractivity contribution is 4.62. The molecule has 0 spiro atoms. The van der Waals surface area contributed by atoms with E-state index in [0.717, 1.165) is 0 Å². The Bertz CT molecular complexity index is 128. The van der Waals surface area contributed by atoms with Crippen LogP contribution in [0.5, 0.6) is 0 Å². The molecule has 0 radical (unpaired) electrons. The minimum absolute atomic E-state index is 0.302. The van der Waals surface area contributed by atoms with E-state index in [4.69, 9.17) is 0 Å². The third-order valence-electron chi connectivity index (χ3n) is 0.531. The van der Waals surface area contributed by atoms with E-state index in [1.165, 1.54) is 6.08 Å². The average Bonchev–Trinajstić information content (AvgIpc) is 2.15. The Morgan fingerprint density at radius 2 is 1.56 bits per heavy atom. The summed E-state index contributed by atoms with van der Waals surface area (Å²) >= 11 is 0. The molecule has 0 atom stereocenters. The smallest absolute Gasteiger partial charge is 0.346 e. The monoisotopic (exact) mass is 260 g/mol. The average molecular weight is 260 g/mol. The predicted molar refractivity (Wildman–Crippen MR) is 42.3 cm³/mol. The second-order valence-corrected chi connectivity index (χ2v) is 1.74. The van der Waals surface area contributed by atoms with E-state index in [-0.39, 0.29) is 0 Å². The molecular formula is C7H11F7O2. The van der Waals surface area contributed by atoms with E-state index in [9.17, 15) is 30.9 Å². The normalized spacial score (nSPS) is 9.44. The van der Waals surface area contributed by atoms with Crippen LogP contribution in [0.2, 0.25) is 0 Å². The lowest BCUT2D eigenvalue weighted by molar-refractivity contribution is -0.245. The van der Waals surface area contributed by atoms with Crippen LogP contribution in [0.1, 0.15) is 0 Å². The fourth-order valence-corrected chi connectivity index (χ4v) is 0.190. The lowest BCUT2D eigenvalue weighted by Gasteiger charge is -1.97. The van der Waals surface area contributed by atoms with Gasteiger partial charge in [0.2, 0.25) is 6.93 Å². The lowest BCUT2D eigenvalue weighted by atomic mass is 10.7. The molecule has 0 rings (SSSR count). The summed E-state index contributed by atoms with van der Waals surface area (Å²) in [5.74, 6) is 0. The fourth-order valence-electron chi connectivity index (χ4n) is 0.190. The molecule has 0 aliphatic rings. The van der Waals surface area contributed by atoms with E-state index in [1.54, 1.807) is 0 Å². The third-order valence-corrected chi connectivity index (χ3v) is 0.531. The van der Waals surface area contributed by atoms with Crippen LogP contribution in [0.15, 0.2) is 12.7 Å². The second-order valence-electron chi connectivity index (χ2n) is 1.74. The van der Waals surface area contributed by atoms with Crippen molar-refractivity contribution in [2.45, 2.75) is 6.18 Å². The van der Waals surface area contributed by atoms with E-state index in [2.05, 4.69) is 16.3 Å². The van der Waals surface area contributed by atoms with Gasteiger partial charge in [0.1, 0.15) is 0 Å². The topological polar surface area (TPSA) is 18.5 Å². The SMILES string of the molecule is C=CCOCF.FCF.FOCC(F)(F)F. The van der Waals surface area contributed by atoms with Gasteiger partial charge in [-0.2, -0.15) is 18.1 Å². The Kier molecular flexibility index (Phi) is 21.3. The molecule has 0 amide bonds. The molecule has 2 nitrogen and oxygen atoms in total. The van der Waals surface area contributed by atoms with Crippen molar-refractivity contribution in [3.05, 3.63) is 12.7 Å². The lowest BCUT2D eigenvalue weighted by Crippen LogP contribution is -2.13. The van der Waals surface area contributed by atoms with E-state index < -0.39 is 26.6 Å². The highest BCUT2D eigenvalue weighted by atomic mass is 19.4. The molecule has 0 aromatic rings. The molecule has 0 saturated carbocycles. The van der Waals surface area contributed by atoms with Gasteiger partial charge in [0.25, 0.3) is 0 Å². The Hall–Kier alpha value is -0.830. The first kappa shape index (κ1) is 20.6. The molecule has 0 aromatic carbocycles. The number of rotatable bonds is 4. The maximum atomic E-state index is 10.9. The minimum Gasteiger partial charge on any atom is -0.346 e. The molecule has 0 aliphatic heterocycles.